The number of aromatic nitrogens is 1. The smallest absolute Gasteiger partial charge is 0.259 e. The molecule has 0 saturated carbocycles. The van der Waals surface area contributed by atoms with Gasteiger partial charge in [-0.25, -0.2) is 4.98 Å². The normalized spacial score (nSPS) is 10.8. The molecule has 3 N–H and O–H groups in total. The lowest BCUT2D eigenvalue weighted by Gasteiger charge is -2.06. The van der Waals surface area contributed by atoms with Gasteiger partial charge in [-0.3, -0.25) is 10.1 Å². The predicted octanol–water partition coefficient (Wildman–Crippen LogP) is 4.44. The van der Waals surface area contributed by atoms with Crippen molar-refractivity contribution in [3.8, 4) is 0 Å². The second kappa shape index (κ2) is 5.52. The number of nitrogens with zero attached hydrogens (tertiary/aromatic N) is 1. The zero-order valence-electron chi connectivity index (χ0n) is 10.6. The third-order valence-electron chi connectivity index (χ3n) is 2.87. The van der Waals surface area contributed by atoms with Gasteiger partial charge in [-0.15, -0.1) is 0 Å². The quantitative estimate of drug-likeness (QED) is 0.679. The van der Waals surface area contributed by atoms with E-state index in [1.165, 1.54) is 11.3 Å². The highest BCUT2D eigenvalue weighted by molar-refractivity contribution is 7.22. The van der Waals surface area contributed by atoms with Crippen LogP contribution in [0.1, 0.15) is 10.4 Å². The number of halogens is 2. The Morgan fingerprint density at radius 3 is 2.86 bits per heavy atom. The molecular formula is C14H9Cl2N3OS. The number of thiazole rings is 1. The molecule has 0 radical (unpaired) electrons. The maximum atomic E-state index is 12.2. The first-order valence-electron chi connectivity index (χ1n) is 5.96. The Bertz CT molecular complexity index is 847. The molecule has 0 saturated heterocycles. The van der Waals surface area contributed by atoms with Crippen LogP contribution in [0, 0.1) is 0 Å². The van der Waals surface area contributed by atoms with E-state index < -0.39 is 0 Å². The fourth-order valence-corrected chi connectivity index (χ4v) is 3.16. The van der Waals surface area contributed by atoms with Crippen molar-refractivity contribution < 1.29 is 4.79 Å². The fraction of sp³-hybridized carbons (Fsp3) is 0. The monoisotopic (exact) mass is 337 g/mol. The van der Waals surface area contributed by atoms with E-state index >= 15 is 0 Å². The number of fused-ring (bicyclic) bond motifs is 1. The minimum atomic E-state index is -0.347. The van der Waals surface area contributed by atoms with Crippen LogP contribution in [0.3, 0.4) is 0 Å². The van der Waals surface area contributed by atoms with Crippen molar-refractivity contribution in [2.45, 2.75) is 0 Å². The molecule has 1 aromatic heterocycles. The van der Waals surface area contributed by atoms with E-state index in [2.05, 4.69) is 10.3 Å². The first-order chi connectivity index (χ1) is 10.0. The van der Waals surface area contributed by atoms with Gasteiger partial charge in [0, 0.05) is 5.02 Å². The number of carbonyl (C=O) groups excluding carboxylic acids is 1. The number of rotatable bonds is 2. The zero-order chi connectivity index (χ0) is 15.0. The van der Waals surface area contributed by atoms with Crippen LogP contribution in [-0.2, 0) is 0 Å². The van der Waals surface area contributed by atoms with Gasteiger partial charge < -0.3 is 5.73 Å². The van der Waals surface area contributed by atoms with Crippen molar-refractivity contribution in [1.82, 2.24) is 4.98 Å². The first-order valence-corrected chi connectivity index (χ1v) is 7.53. The van der Waals surface area contributed by atoms with Crippen molar-refractivity contribution in [3.05, 3.63) is 52.0 Å². The van der Waals surface area contributed by atoms with Crippen LogP contribution in [0.25, 0.3) is 10.2 Å². The first kappa shape index (κ1) is 14.1. The second-order valence-electron chi connectivity index (χ2n) is 4.29. The number of para-hydroxylation sites is 1. The van der Waals surface area contributed by atoms with E-state index in [1.54, 1.807) is 36.4 Å². The Hall–Kier alpha value is -1.82. The second-order valence-corrected chi connectivity index (χ2v) is 6.16. The van der Waals surface area contributed by atoms with Crippen LogP contribution in [0.15, 0.2) is 36.4 Å². The highest BCUT2D eigenvalue weighted by Crippen LogP contribution is 2.29. The Morgan fingerprint density at radius 2 is 2.05 bits per heavy atom. The molecular weight excluding hydrogens is 329 g/mol. The Morgan fingerprint density at radius 1 is 1.24 bits per heavy atom. The van der Waals surface area contributed by atoms with Crippen molar-refractivity contribution in [3.63, 3.8) is 0 Å². The molecule has 0 bridgehead atoms. The summed E-state index contributed by atoms with van der Waals surface area (Å²) in [5.74, 6) is -0.347. The van der Waals surface area contributed by atoms with Crippen molar-refractivity contribution >= 4 is 61.5 Å². The molecule has 0 atom stereocenters. The molecule has 3 rings (SSSR count). The standard InChI is InChI=1S/C14H9Cl2N3OS/c15-7-4-5-10-11(6-7)21-14(18-10)19-13(20)8-2-1-3-9(16)12(8)17/h1-6H,17H2,(H,18,19,20). The number of nitrogens with one attached hydrogen (secondary N) is 1. The van der Waals surface area contributed by atoms with Crippen molar-refractivity contribution in [2.75, 3.05) is 11.1 Å². The van der Waals surface area contributed by atoms with Crippen LogP contribution in [0.2, 0.25) is 10.0 Å². The average Bonchev–Trinajstić information content (AvgIpc) is 2.83. The molecule has 106 valence electrons. The third-order valence-corrected chi connectivity index (χ3v) is 4.37. The number of nitrogens with two attached hydrogens (primary N) is 1. The number of carbonyl (C=O) groups is 1. The van der Waals surface area contributed by atoms with E-state index in [0.717, 1.165) is 10.2 Å². The molecule has 0 aliphatic rings. The Kier molecular flexibility index (Phi) is 3.71. The summed E-state index contributed by atoms with van der Waals surface area (Å²) in [5, 5.41) is 4.18. The van der Waals surface area contributed by atoms with Crippen molar-refractivity contribution in [2.24, 2.45) is 0 Å². The van der Waals surface area contributed by atoms with E-state index in [0.29, 0.717) is 20.7 Å². The van der Waals surface area contributed by atoms with Crippen LogP contribution < -0.4 is 11.1 Å². The highest BCUT2D eigenvalue weighted by Gasteiger charge is 2.14. The molecule has 0 aliphatic heterocycles. The topological polar surface area (TPSA) is 68.0 Å². The predicted molar refractivity (Wildman–Crippen MR) is 88.4 cm³/mol. The van der Waals surface area contributed by atoms with Gasteiger partial charge in [0.2, 0.25) is 0 Å². The molecule has 2 aromatic carbocycles. The summed E-state index contributed by atoms with van der Waals surface area (Å²) in [6.45, 7) is 0. The zero-order valence-corrected chi connectivity index (χ0v) is 12.9. The summed E-state index contributed by atoms with van der Waals surface area (Å²) in [4.78, 5) is 16.5. The molecule has 0 unspecified atom stereocenters. The van der Waals surface area contributed by atoms with Gasteiger partial charge in [0.1, 0.15) is 0 Å². The minimum absolute atomic E-state index is 0.251. The lowest BCUT2D eigenvalue weighted by Crippen LogP contribution is -2.13. The third kappa shape index (κ3) is 2.81. The minimum Gasteiger partial charge on any atom is -0.397 e. The highest BCUT2D eigenvalue weighted by atomic mass is 35.5. The number of benzene rings is 2. The molecule has 0 aliphatic carbocycles. The van der Waals surface area contributed by atoms with Crippen LogP contribution in [-0.4, -0.2) is 10.9 Å². The van der Waals surface area contributed by atoms with Crippen LogP contribution in [0.5, 0.6) is 0 Å². The number of anilines is 2. The summed E-state index contributed by atoms with van der Waals surface area (Å²) in [5.41, 5.74) is 7.15. The summed E-state index contributed by atoms with van der Waals surface area (Å²) in [6, 6.07) is 10.3. The average molecular weight is 338 g/mol. The summed E-state index contributed by atoms with van der Waals surface area (Å²) in [7, 11) is 0. The number of nitrogen functional groups attached to an aromatic ring is 1. The van der Waals surface area contributed by atoms with E-state index in [4.69, 9.17) is 28.9 Å². The molecule has 0 spiro atoms. The van der Waals surface area contributed by atoms with Gasteiger partial charge in [0.05, 0.1) is 26.5 Å². The van der Waals surface area contributed by atoms with Crippen LogP contribution in [0.4, 0.5) is 10.8 Å². The summed E-state index contributed by atoms with van der Waals surface area (Å²) < 4.78 is 0.900. The SMILES string of the molecule is Nc1c(Cl)cccc1C(=O)Nc1nc2ccc(Cl)cc2s1. The van der Waals surface area contributed by atoms with Gasteiger partial charge in [-0.2, -0.15) is 0 Å². The molecule has 4 nitrogen and oxygen atoms in total. The molecule has 21 heavy (non-hydrogen) atoms. The molecule has 3 aromatic rings. The van der Waals surface area contributed by atoms with Crippen molar-refractivity contribution in [1.29, 1.82) is 0 Å². The number of amides is 1. The molecule has 1 amide bonds. The van der Waals surface area contributed by atoms with Crippen LogP contribution >= 0.6 is 34.5 Å². The van der Waals surface area contributed by atoms with Gasteiger partial charge in [0.15, 0.2) is 5.13 Å². The fourth-order valence-electron chi connectivity index (χ4n) is 1.85. The van der Waals surface area contributed by atoms with E-state index in [1.807, 2.05) is 0 Å². The summed E-state index contributed by atoms with van der Waals surface area (Å²) >= 11 is 13.2. The maximum absolute atomic E-state index is 12.2. The Balaban J connectivity index is 1.91. The molecule has 7 heteroatoms. The maximum Gasteiger partial charge on any atom is 0.259 e. The van der Waals surface area contributed by atoms with E-state index in [-0.39, 0.29) is 11.6 Å². The molecule has 0 fully saturated rings. The van der Waals surface area contributed by atoms with Gasteiger partial charge >= 0.3 is 0 Å². The van der Waals surface area contributed by atoms with Gasteiger partial charge in [0.25, 0.3) is 5.91 Å². The van der Waals surface area contributed by atoms with E-state index in [9.17, 15) is 4.79 Å². The number of hydrogen-bond donors (Lipinski definition) is 2. The molecule has 1 heterocycles. The Labute approximate surface area is 134 Å². The largest absolute Gasteiger partial charge is 0.397 e. The number of hydrogen-bond acceptors (Lipinski definition) is 4. The van der Waals surface area contributed by atoms with Gasteiger partial charge in [-0.05, 0) is 30.3 Å². The lowest BCUT2D eigenvalue weighted by molar-refractivity contribution is 0.102. The van der Waals surface area contributed by atoms with Gasteiger partial charge in [-0.1, -0.05) is 40.6 Å². The summed E-state index contributed by atoms with van der Waals surface area (Å²) in [6.07, 6.45) is 0. The lowest BCUT2D eigenvalue weighted by atomic mass is 10.1.